The molecule has 2 heterocycles. The molecule has 5 heteroatoms. The Morgan fingerprint density at radius 2 is 2.33 bits per heavy atom. The van der Waals surface area contributed by atoms with E-state index in [2.05, 4.69) is 34.6 Å². The lowest BCUT2D eigenvalue weighted by Gasteiger charge is -2.11. The molecule has 2 atom stereocenters. The molecule has 2 rings (SSSR count). The Morgan fingerprint density at radius 1 is 1.60 bits per heavy atom. The largest absolute Gasteiger partial charge is 0.383 e. The average Bonchev–Trinajstić information content (AvgIpc) is 2.68. The minimum atomic E-state index is 0.275. The summed E-state index contributed by atoms with van der Waals surface area (Å²) >= 11 is 2.23. The van der Waals surface area contributed by atoms with Crippen LogP contribution in [0.4, 0.5) is 5.82 Å². The van der Waals surface area contributed by atoms with Crippen LogP contribution in [-0.4, -0.2) is 22.0 Å². The molecule has 0 radical (unpaired) electrons. The number of rotatable bonds is 2. The third-order valence-electron chi connectivity index (χ3n) is 2.79. The van der Waals surface area contributed by atoms with Gasteiger partial charge in [-0.3, -0.25) is 0 Å². The average molecular weight is 321 g/mol. The van der Waals surface area contributed by atoms with Crippen molar-refractivity contribution in [2.24, 2.45) is 0 Å². The van der Waals surface area contributed by atoms with Crippen LogP contribution in [0.15, 0.2) is 0 Å². The number of aromatic nitrogens is 2. The van der Waals surface area contributed by atoms with Gasteiger partial charge in [-0.05, 0) is 49.3 Å². The summed E-state index contributed by atoms with van der Waals surface area (Å²) in [5, 5.41) is 4.40. The molecule has 0 saturated carbocycles. The first-order valence-corrected chi connectivity index (χ1v) is 6.29. The minimum absolute atomic E-state index is 0.275. The van der Waals surface area contributed by atoms with Gasteiger partial charge in [-0.1, -0.05) is 0 Å². The third-order valence-corrected chi connectivity index (χ3v) is 4.12. The highest BCUT2D eigenvalue weighted by molar-refractivity contribution is 14.1. The Kier molecular flexibility index (Phi) is 3.20. The van der Waals surface area contributed by atoms with Crippen LogP contribution in [0.3, 0.4) is 0 Å². The van der Waals surface area contributed by atoms with E-state index in [1.165, 1.54) is 0 Å². The van der Waals surface area contributed by atoms with E-state index in [0.29, 0.717) is 6.10 Å². The zero-order valence-electron chi connectivity index (χ0n) is 9.03. The zero-order valence-corrected chi connectivity index (χ0v) is 11.2. The number of anilines is 1. The number of nitrogens with two attached hydrogens (primary N) is 1. The Balaban J connectivity index is 2.08. The minimum Gasteiger partial charge on any atom is -0.383 e. The SMILES string of the molecule is Cc1nn(CC2CCC(C)O2)c(N)c1I. The van der Waals surface area contributed by atoms with Crippen molar-refractivity contribution in [3.8, 4) is 0 Å². The van der Waals surface area contributed by atoms with E-state index in [0.717, 1.165) is 34.5 Å². The molecule has 1 fully saturated rings. The number of hydrogen-bond acceptors (Lipinski definition) is 3. The summed E-state index contributed by atoms with van der Waals surface area (Å²) in [7, 11) is 0. The predicted octanol–water partition coefficient (Wildman–Crippen LogP) is 1.95. The molecule has 1 saturated heterocycles. The van der Waals surface area contributed by atoms with E-state index in [9.17, 15) is 0 Å². The number of halogens is 1. The molecule has 1 aliphatic rings. The van der Waals surface area contributed by atoms with Gasteiger partial charge < -0.3 is 10.5 Å². The van der Waals surface area contributed by atoms with E-state index in [1.54, 1.807) is 0 Å². The molecule has 2 N–H and O–H groups in total. The number of hydrogen-bond donors (Lipinski definition) is 1. The van der Waals surface area contributed by atoms with Gasteiger partial charge in [0, 0.05) is 0 Å². The quantitative estimate of drug-likeness (QED) is 0.847. The van der Waals surface area contributed by atoms with Crippen LogP contribution in [0.5, 0.6) is 0 Å². The summed E-state index contributed by atoms with van der Waals surface area (Å²) in [6.45, 7) is 4.87. The first kappa shape index (κ1) is 11.2. The summed E-state index contributed by atoms with van der Waals surface area (Å²) in [4.78, 5) is 0. The van der Waals surface area contributed by atoms with Gasteiger partial charge in [0.25, 0.3) is 0 Å². The Morgan fingerprint density at radius 3 is 2.80 bits per heavy atom. The molecule has 0 bridgehead atoms. The van der Waals surface area contributed by atoms with E-state index in [1.807, 2.05) is 11.6 Å². The molecule has 4 nitrogen and oxygen atoms in total. The van der Waals surface area contributed by atoms with Crippen molar-refractivity contribution in [3.63, 3.8) is 0 Å². The molecule has 0 spiro atoms. The van der Waals surface area contributed by atoms with Gasteiger partial charge in [0.15, 0.2) is 0 Å². The molecule has 1 aliphatic heterocycles. The van der Waals surface area contributed by atoms with Gasteiger partial charge in [-0.25, -0.2) is 4.68 Å². The lowest BCUT2D eigenvalue weighted by atomic mass is 10.2. The Bertz CT molecular complexity index is 364. The maximum Gasteiger partial charge on any atom is 0.135 e. The molecular formula is C10H16IN3O. The van der Waals surface area contributed by atoms with Gasteiger partial charge >= 0.3 is 0 Å². The van der Waals surface area contributed by atoms with Gasteiger partial charge in [0.1, 0.15) is 5.82 Å². The van der Waals surface area contributed by atoms with E-state index in [-0.39, 0.29) is 6.10 Å². The van der Waals surface area contributed by atoms with E-state index >= 15 is 0 Å². The first-order chi connectivity index (χ1) is 7.08. The van der Waals surface area contributed by atoms with Crippen LogP contribution in [0.25, 0.3) is 0 Å². The topological polar surface area (TPSA) is 53.1 Å². The Hall–Kier alpha value is -0.300. The second kappa shape index (κ2) is 4.29. The lowest BCUT2D eigenvalue weighted by Crippen LogP contribution is -2.18. The van der Waals surface area contributed by atoms with Crippen molar-refractivity contribution in [3.05, 3.63) is 9.26 Å². The third kappa shape index (κ3) is 2.28. The molecule has 0 aromatic carbocycles. The lowest BCUT2D eigenvalue weighted by molar-refractivity contribution is 0.0440. The predicted molar refractivity (Wildman–Crippen MR) is 67.7 cm³/mol. The van der Waals surface area contributed by atoms with Crippen molar-refractivity contribution in [2.75, 3.05) is 5.73 Å². The van der Waals surface area contributed by atoms with Crippen molar-refractivity contribution < 1.29 is 4.74 Å². The first-order valence-electron chi connectivity index (χ1n) is 5.21. The molecule has 2 unspecified atom stereocenters. The van der Waals surface area contributed by atoms with Crippen molar-refractivity contribution in [2.45, 2.75) is 45.4 Å². The van der Waals surface area contributed by atoms with E-state index < -0.39 is 0 Å². The van der Waals surface area contributed by atoms with Crippen LogP contribution in [0.1, 0.15) is 25.5 Å². The van der Waals surface area contributed by atoms with E-state index in [4.69, 9.17) is 10.5 Å². The maximum absolute atomic E-state index is 5.95. The Labute approximate surface area is 103 Å². The van der Waals surface area contributed by atoms with Crippen molar-refractivity contribution >= 4 is 28.4 Å². The fourth-order valence-corrected chi connectivity index (χ4v) is 2.32. The van der Waals surface area contributed by atoms with Crippen molar-refractivity contribution in [1.29, 1.82) is 0 Å². The molecule has 1 aromatic heterocycles. The number of nitrogen functional groups attached to an aromatic ring is 1. The van der Waals surface area contributed by atoms with Crippen LogP contribution in [0, 0.1) is 10.5 Å². The second-order valence-corrected chi connectivity index (χ2v) is 5.19. The molecule has 15 heavy (non-hydrogen) atoms. The summed E-state index contributed by atoms with van der Waals surface area (Å²) in [6.07, 6.45) is 2.90. The number of nitrogens with zero attached hydrogens (tertiary/aromatic N) is 2. The number of ether oxygens (including phenoxy) is 1. The summed E-state index contributed by atoms with van der Waals surface area (Å²) < 4.78 is 8.67. The van der Waals surface area contributed by atoms with Crippen LogP contribution >= 0.6 is 22.6 Å². The van der Waals surface area contributed by atoms with Gasteiger partial charge in [0.2, 0.25) is 0 Å². The van der Waals surface area contributed by atoms with Gasteiger partial charge in [-0.2, -0.15) is 5.10 Å². The molecule has 0 aliphatic carbocycles. The van der Waals surface area contributed by atoms with Crippen molar-refractivity contribution in [1.82, 2.24) is 9.78 Å². The highest BCUT2D eigenvalue weighted by Gasteiger charge is 2.23. The highest BCUT2D eigenvalue weighted by Crippen LogP contribution is 2.23. The molecule has 0 amide bonds. The fourth-order valence-electron chi connectivity index (χ4n) is 1.93. The molecular weight excluding hydrogens is 305 g/mol. The number of aryl methyl sites for hydroxylation is 1. The molecule has 84 valence electrons. The molecule has 1 aromatic rings. The fraction of sp³-hybridized carbons (Fsp3) is 0.700. The van der Waals surface area contributed by atoms with Gasteiger partial charge in [-0.15, -0.1) is 0 Å². The normalized spacial score (nSPS) is 26.1. The summed E-state index contributed by atoms with van der Waals surface area (Å²) in [6, 6.07) is 0. The monoisotopic (exact) mass is 321 g/mol. The smallest absolute Gasteiger partial charge is 0.135 e. The van der Waals surface area contributed by atoms with Crippen LogP contribution < -0.4 is 5.73 Å². The summed E-state index contributed by atoms with van der Waals surface area (Å²) in [5.41, 5.74) is 6.95. The second-order valence-electron chi connectivity index (χ2n) is 4.11. The van der Waals surface area contributed by atoms with Gasteiger partial charge in [0.05, 0.1) is 28.0 Å². The maximum atomic E-state index is 5.95. The zero-order chi connectivity index (χ0) is 11.0. The van der Waals surface area contributed by atoms with Crippen LogP contribution in [0.2, 0.25) is 0 Å². The highest BCUT2D eigenvalue weighted by atomic mass is 127. The summed E-state index contributed by atoms with van der Waals surface area (Å²) in [5.74, 6) is 0.760. The standard InChI is InChI=1S/C10H16IN3O/c1-6-3-4-8(15-6)5-14-10(12)9(11)7(2)13-14/h6,8H,3-5,12H2,1-2H3. The van der Waals surface area contributed by atoms with Crippen LogP contribution in [-0.2, 0) is 11.3 Å².